The van der Waals surface area contributed by atoms with Gasteiger partial charge < -0.3 is 19.4 Å². The second kappa shape index (κ2) is 7.83. The fraction of sp³-hybridized carbons (Fsp3) is 0.217. The number of H-pyrrole nitrogens is 2. The third-order valence-corrected chi connectivity index (χ3v) is 4.69. The van der Waals surface area contributed by atoms with Crippen molar-refractivity contribution in [3.8, 4) is 5.75 Å². The summed E-state index contributed by atoms with van der Waals surface area (Å²) in [4.78, 5) is 23.2. The molecule has 0 saturated carbocycles. The van der Waals surface area contributed by atoms with Gasteiger partial charge in [0.05, 0.1) is 28.4 Å². The first-order valence-electron chi connectivity index (χ1n) is 9.58. The summed E-state index contributed by atoms with van der Waals surface area (Å²) < 4.78 is 10.7. The Kier molecular flexibility index (Phi) is 5.08. The first kappa shape index (κ1) is 18.8. The third-order valence-electron chi connectivity index (χ3n) is 4.69. The van der Waals surface area contributed by atoms with Crippen molar-refractivity contribution >= 4 is 23.8 Å². The molecule has 0 fully saturated rings. The first-order chi connectivity index (χ1) is 14.0. The zero-order valence-corrected chi connectivity index (χ0v) is 16.7. The van der Waals surface area contributed by atoms with E-state index in [1.54, 1.807) is 6.92 Å². The van der Waals surface area contributed by atoms with Gasteiger partial charge in [0.25, 0.3) is 0 Å². The highest BCUT2D eigenvalue weighted by Gasteiger charge is 2.10. The first-order valence-corrected chi connectivity index (χ1v) is 9.58. The van der Waals surface area contributed by atoms with Gasteiger partial charge in [-0.25, -0.2) is 9.79 Å². The van der Waals surface area contributed by atoms with E-state index in [-0.39, 0.29) is 6.61 Å². The Hall–Kier alpha value is -3.54. The quantitative estimate of drug-likeness (QED) is 0.638. The van der Waals surface area contributed by atoms with Crippen LogP contribution in [0.3, 0.4) is 0 Å². The number of ether oxygens (including phenoxy) is 2. The number of hydrogen-bond donors (Lipinski definition) is 2. The van der Waals surface area contributed by atoms with Gasteiger partial charge in [-0.15, -0.1) is 0 Å². The Bertz CT molecular complexity index is 1280. The molecule has 0 saturated heterocycles. The average Bonchev–Trinajstić information content (AvgIpc) is 3.37. The maximum absolute atomic E-state index is 11.8. The van der Waals surface area contributed by atoms with Gasteiger partial charge in [-0.1, -0.05) is 18.2 Å². The van der Waals surface area contributed by atoms with E-state index in [1.165, 1.54) is 0 Å². The molecule has 3 aromatic rings. The molecule has 2 aromatic heterocycles. The minimum Gasteiger partial charge on any atom is -0.480 e. The average molecular weight is 389 g/mol. The summed E-state index contributed by atoms with van der Waals surface area (Å²) in [5.41, 5.74) is 4.02. The molecule has 4 rings (SSSR count). The van der Waals surface area contributed by atoms with Gasteiger partial charge in [-0.05, 0) is 50.6 Å². The number of nitrogens with one attached hydrogen (secondary N) is 2. The molecule has 1 aromatic carbocycles. The maximum atomic E-state index is 11.8. The molecule has 0 amide bonds. The molecule has 0 spiro atoms. The number of esters is 1. The molecule has 0 atom stereocenters. The highest BCUT2D eigenvalue weighted by atomic mass is 16.6. The van der Waals surface area contributed by atoms with Crippen LogP contribution in [0, 0.1) is 13.8 Å². The molecule has 6 nitrogen and oxygen atoms in total. The summed E-state index contributed by atoms with van der Waals surface area (Å²) in [5, 5.41) is 3.61. The van der Waals surface area contributed by atoms with Crippen molar-refractivity contribution in [3.63, 3.8) is 0 Å². The number of rotatable bonds is 5. The van der Waals surface area contributed by atoms with Crippen LogP contribution in [0.25, 0.3) is 17.8 Å². The highest BCUT2D eigenvalue weighted by molar-refractivity contribution is 5.77. The van der Waals surface area contributed by atoms with E-state index in [1.807, 2.05) is 56.3 Å². The normalized spacial score (nSPS) is 14.9. The topological polar surface area (TPSA) is 79.5 Å². The molecule has 148 valence electrons. The summed E-state index contributed by atoms with van der Waals surface area (Å²) >= 11 is 0. The lowest BCUT2D eigenvalue weighted by molar-refractivity contribution is -0.145. The van der Waals surface area contributed by atoms with Crippen LogP contribution in [0.2, 0.25) is 0 Å². The third kappa shape index (κ3) is 4.01. The molecule has 0 aliphatic carbocycles. The Labute approximate surface area is 167 Å². The number of aromatic nitrogens is 2. The van der Waals surface area contributed by atoms with Crippen molar-refractivity contribution < 1.29 is 14.3 Å². The van der Waals surface area contributed by atoms with E-state index in [0.717, 1.165) is 43.9 Å². The summed E-state index contributed by atoms with van der Waals surface area (Å²) in [5.74, 6) is 0.178. The number of nitrogens with zero attached hydrogens (tertiary/aromatic N) is 1. The SMILES string of the molecule is CCOC(=O)COc1cc(=C2C=c3ccccc3=N2)[nH]c1=Cc1[nH]c(C)cc1C. The molecule has 1 aliphatic heterocycles. The van der Waals surface area contributed by atoms with Gasteiger partial charge in [0.2, 0.25) is 0 Å². The monoisotopic (exact) mass is 389 g/mol. The largest absolute Gasteiger partial charge is 0.480 e. The number of benzene rings is 1. The zero-order chi connectivity index (χ0) is 20.4. The summed E-state index contributed by atoms with van der Waals surface area (Å²) in [7, 11) is 0. The number of para-hydroxylation sites is 1. The minimum atomic E-state index is -0.398. The number of aryl methyl sites for hydroxylation is 2. The van der Waals surface area contributed by atoms with Crippen LogP contribution >= 0.6 is 0 Å². The van der Waals surface area contributed by atoms with Crippen molar-refractivity contribution in [2.24, 2.45) is 4.99 Å². The zero-order valence-electron chi connectivity index (χ0n) is 16.7. The number of fused-ring (bicyclic) bond motifs is 1. The van der Waals surface area contributed by atoms with E-state index in [2.05, 4.69) is 16.0 Å². The van der Waals surface area contributed by atoms with Gasteiger partial charge in [-0.2, -0.15) is 0 Å². The molecule has 6 heteroatoms. The van der Waals surface area contributed by atoms with Crippen LogP contribution in [-0.2, 0) is 9.53 Å². The van der Waals surface area contributed by atoms with Crippen LogP contribution in [0.1, 0.15) is 23.9 Å². The molecule has 1 aliphatic rings. The fourth-order valence-corrected chi connectivity index (χ4v) is 3.36. The molecule has 0 radical (unpaired) electrons. The summed E-state index contributed by atoms with van der Waals surface area (Å²) in [6.45, 7) is 6.01. The molecular formula is C23H23N3O3. The van der Waals surface area contributed by atoms with Crippen LogP contribution in [0.5, 0.6) is 5.75 Å². The van der Waals surface area contributed by atoms with E-state index in [9.17, 15) is 4.79 Å². The lowest BCUT2D eigenvalue weighted by Crippen LogP contribution is -2.19. The minimum absolute atomic E-state index is 0.148. The Balaban J connectivity index is 1.81. The van der Waals surface area contributed by atoms with Crippen molar-refractivity contribution in [3.05, 3.63) is 74.6 Å². The number of carbonyl (C=O) groups is 1. The lowest BCUT2D eigenvalue weighted by atomic mass is 10.2. The smallest absolute Gasteiger partial charge is 0.344 e. The van der Waals surface area contributed by atoms with Crippen molar-refractivity contribution in [1.82, 2.24) is 9.97 Å². The predicted molar refractivity (Wildman–Crippen MR) is 111 cm³/mol. The van der Waals surface area contributed by atoms with Gasteiger partial charge >= 0.3 is 5.97 Å². The molecule has 2 N–H and O–H groups in total. The van der Waals surface area contributed by atoms with Crippen molar-refractivity contribution in [2.75, 3.05) is 13.2 Å². The summed E-state index contributed by atoms with van der Waals surface area (Å²) in [6, 6.07) is 11.9. The Morgan fingerprint density at radius 3 is 2.72 bits per heavy atom. The van der Waals surface area contributed by atoms with Crippen LogP contribution in [-0.4, -0.2) is 29.2 Å². The summed E-state index contributed by atoms with van der Waals surface area (Å²) in [6.07, 6.45) is 4.01. The van der Waals surface area contributed by atoms with Crippen LogP contribution < -0.4 is 26.0 Å². The second-order valence-corrected chi connectivity index (χ2v) is 6.95. The lowest BCUT2D eigenvalue weighted by Gasteiger charge is -2.03. The van der Waals surface area contributed by atoms with E-state index >= 15 is 0 Å². The highest BCUT2D eigenvalue weighted by Crippen LogP contribution is 2.11. The number of aromatic amines is 2. The number of hydrogen-bond acceptors (Lipinski definition) is 4. The Morgan fingerprint density at radius 1 is 1.17 bits per heavy atom. The molecule has 0 bridgehead atoms. The molecule has 3 heterocycles. The predicted octanol–water partition coefficient (Wildman–Crippen LogP) is 0.952. The Morgan fingerprint density at radius 2 is 2.00 bits per heavy atom. The van der Waals surface area contributed by atoms with Crippen LogP contribution in [0.15, 0.2) is 41.4 Å². The van der Waals surface area contributed by atoms with Crippen LogP contribution in [0.4, 0.5) is 0 Å². The standard InChI is InChI=1S/C23H23N3O3/c1-4-28-23(27)13-29-22-12-20(19-10-16-7-5-6-8-17(16)25-19)26-21(22)11-18-14(2)9-15(3)24-18/h5-12,24,26H,4,13H2,1-3H3. The van der Waals surface area contributed by atoms with Gasteiger partial charge in [0.1, 0.15) is 5.75 Å². The van der Waals surface area contributed by atoms with Gasteiger partial charge in [-0.3, -0.25) is 0 Å². The van der Waals surface area contributed by atoms with E-state index in [4.69, 9.17) is 14.5 Å². The molecule has 29 heavy (non-hydrogen) atoms. The van der Waals surface area contributed by atoms with Crippen molar-refractivity contribution in [1.29, 1.82) is 0 Å². The van der Waals surface area contributed by atoms with E-state index < -0.39 is 5.97 Å². The maximum Gasteiger partial charge on any atom is 0.344 e. The van der Waals surface area contributed by atoms with Gasteiger partial charge in [0, 0.05) is 22.7 Å². The fourth-order valence-electron chi connectivity index (χ4n) is 3.36. The second-order valence-electron chi connectivity index (χ2n) is 6.95. The van der Waals surface area contributed by atoms with E-state index in [0.29, 0.717) is 12.4 Å². The molecule has 0 unspecified atom stereocenters. The van der Waals surface area contributed by atoms with Crippen molar-refractivity contribution in [2.45, 2.75) is 20.8 Å². The van der Waals surface area contributed by atoms with Gasteiger partial charge in [0.15, 0.2) is 6.61 Å². The molecular weight excluding hydrogens is 366 g/mol. The number of carbonyl (C=O) groups excluding carboxylic acids is 1.